The van der Waals surface area contributed by atoms with E-state index in [9.17, 15) is 18.8 Å². The van der Waals surface area contributed by atoms with E-state index >= 15 is 0 Å². The quantitative estimate of drug-likeness (QED) is 0.629. The van der Waals surface area contributed by atoms with Crippen molar-refractivity contribution >= 4 is 35.2 Å². The van der Waals surface area contributed by atoms with Crippen LogP contribution < -0.4 is 5.32 Å². The Morgan fingerprint density at radius 2 is 2.07 bits per heavy atom. The number of esters is 1. The van der Waals surface area contributed by atoms with Crippen molar-refractivity contribution in [3.63, 3.8) is 0 Å². The van der Waals surface area contributed by atoms with Crippen LogP contribution >= 0.6 is 11.3 Å². The molecule has 0 unspecified atom stereocenters. The van der Waals surface area contributed by atoms with Crippen molar-refractivity contribution in [2.75, 3.05) is 26.2 Å². The zero-order chi connectivity index (χ0) is 19.2. The summed E-state index contributed by atoms with van der Waals surface area (Å²) in [5.74, 6) is -1.61. The van der Waals surface area contributed by atoms with E-state index in [0.717, 1.165) is 9.75 Å². The molecule has 8 heteroatoms. The van der Waals surface area contributed by atoms with Crippen molar-refractivity contribution in [1.82, 2.24) is 10.2 Å². The Balaban J connectivity index is 1.52. The lowest BCUT2D eigenvalue weighted by atomic mass is 10.2. The number of nitrogens with zero attached hydrogens (tertiary/aromatic N) is 1. The largest absolute Gasteiger partial charge is 0.452 e. The summed E-state index contributed by atoms with van der Waals surface area (Å²) in [6.45, 7) is 0.342. The molecule has 140 valence electrons. The second kappa shape index (κ2) is 8.59. The van der Waals surface area contributed by atoms with Crippen LogP contribution in [-0.2, 0) is 19.1 Å². The fraction of sp³-hybridized carbons (Fsp3) is 0.211. The number of hydrogen-bond donors (Lipinski definition) is 1. The van der Waals surface area contributed by atoms with Crippen molar-refractivity contribution < 1.29 is 23.5 Å². The zero-order valence-electron chi connectivity index (χ0n) is 14.3. The van der Waals surface area contributed by atoms with Gasteiger partial charge < -0.3 is 15.0 Å². The average Bonchev–Trinajstić information content (AvgIpc) is 3.13. The van der Waals surface area contributed by atoms with Gasteiger partial charge in [-0.1, -0.05) is 18.2 Å². The van der Waals surface area contributed by atoms with Crippen LogP contribution in [0.1, 0.15) is 4.88 Å². The number of halogens is 1. The fourth-order valence-electron chi connectivity index (χ4n) is 2.52. The number of rotatable bonds is 5. The maximum Gasteiger partial charge on any atom is 0.331 e. The van der Waals surface area contributed by atoms with E-state index in [2.05, 4.69) is 5.32 Å². The lowest BCUT2D eigenvalue weighted by Crippen LogP contribution is -2.51. The van der Waals surface area contributed by atoms with Crippen molar-refractivity contribution in [1.29, 1.82) is 0 Å². The van der Waals surface area contributed by atoms with Crippen LogP contribution in [0.25, 0.3) is 16.5 Å². The summed E-state index contributed by atoms with van der Waals surface area (Å²) < 4.78 is 18.7. The Morgan fingerprint density at radius 3 is 2.85 bits per heavy atom. The summed E-state index contributed by atoms with van der Waals surface area (Å²) in [6.07, 6.45) is 2.77. The molecule has 0 saturated carbocycles. The number of amides is 2. The molecule has 0 spiro atoms. The molecule has 1 aromatic carbocycles. The van der Waals surface area contributed by atoms with E-state index < -0.39 is 18.5 Å². The van der Waals surface area contributed by atoms with E-state index in [1.54, 1.807) is 36.4 Å². The molecule has 1 aliphatic rings. The summed E-state index contributed by atoms with van der Waals surface area (Å²) in [5, 5.41) is 2.61. The summed E-state index contributed by atoms with van der Waals surface area (Å²) in [4.78, 5) is 37.8. The van der Waals surface area contributed by atoms with Gasteiger partial charge in [0.2, 0.25) is 5.91 Å². The first-order valence-corrected chi connectivity index (χ1v) is 9.08. The van der Waals surface area contributed by atoms with Gasteiger partial charge in [0.25, 0.3) is 5.91 Å². The molecule has 2 heterocycles. The molecule has 1 fully saturated rings. The number of benzene rings is 1. The van der Waals surface area contributed by atoms with Gasteiger partial charge in [-0.3, -0.25) is 9.59 Å². The highest BCUT2D eigenvalue weighted by atomic mass is 32.1. The third kappa shape index (κ3) is 5.01. The number of hydrogen-bond acceptors (Lipinski definition) is 5. The highest BCUT2D eigenvalue weighted by Gasteiger charge is 2.21. The van der Waals surface area contributed by atoms with Gasteiger partial charge in [-0.25, -0.2) is 9.18 Å². The Bertz CT molecular complexity index is 893. The van der Waals surface area contributed by atoms with Crippen molar-refractivity contribution in [2.24, 2.45) is 0 Å². The minimum atomic E-state index is -0.661. The maximum absolute atomic E-state index is 13.8. The molecule has 0 aliphatic carbocycles. The van der Waals surface area contributed by atoms with E-state index in [0.29, 0.717) is 18.7 Å². The van der Waals surface area contributed by atoms with Gasteiger partial charge in [0, 0.05) is 34.5 Å². The molecule has 0 atom stereocenters. The molecule has 1 aromatic heterocycles. The van der Waals surface area contributed by atoms with Crippen LogP contribution in [0, 0.1) is 5.82 Å². The number of nitrogens with one attached hydrogen (secondary N) is 1. The van der Waals surface area contributed by atoms with Gasteiger partial charge in [0.05, 0.1) is 6.54 Å². The van der Waals surface area contributed by atoms with E-state index in [1.165, 1.54) is 28.4 Å². The monoisotopic (exact) mass is 388 g/mol. The SMILES string of the molecule is O=C1CN(C(=O)COC(=O)/C=C/c2ccc(-c3ccccc3F)s2)CCN1. The number of carbonyl (C=O) groups is 3. The lowest BCUT2D eigenvalue weighted by Gasteiger charge is -2.26. The van der Waals surface area contributed by atoms with Gasteiger partial charge in [-0.05, 0) is 24.3 Å². The Hall–Kier alpha value is -3.00. The van der Waals surface area contributed by atoms with E-state index in [-0.39, 0.29) is 18.3 Å². The maximum atomic E-state index is 13.8. The van der Waals surface area contributed by atoms with Crippen molar-refractivity contribution in [2.45, 2.75) is 0 Å². The predicted octanol–water partition coefficient (Wildman–Crippen LogP) is 2.07. The van der Waals surface area contributed by atoms with Crippen LogP contribution in [0.15, 0.2) is 42.5 Å². The molecule has 1 N–H and O–H groups in total. The third-order valence-corrected chi connectivity index (χ3v) is 4.96. The second-order valence-corrected chi connectivity index (χ2v) is 6.90. The van der Waals surface area contributed by atoms with E-state index in [4.69, 9.17) is 4.74 Å². The minimum Gasteiger partial charge on any atom is -0.452 e. The molecule has 0 bridgehead atoms. The van der Waals surface area contributed by atoms with Crippen molar-refractivity contribution in [3.05, 3.63) is 53.2 Å². The highest BCUT2D eigenvalue weighted by molar-refractivity contribution is 7.16. The van der Waals surface area contributed by atoms with Crippen LogP contribution in [0.5, 0.6) is 0 Å². The molecule has 1 saturated heterocycles. The van der Waals surface area contributed by atoms with Crippen LogP contribution in [0.4, 0.5) is 4.39 Å². The van der Waals surface area contributed by atoms with Gasteiger partial charge in [-0.15, -0.1) is 11.3 Å². The lowest BCUT2D eigenvalue weighted by molar-refractivity contribution is -0.149. The van der Waals surface area contributed by atoms with E-state index in [1.807, 2.05) is 0 Å². The molecule has 27 heavy (non-hydrogen) atoms. The third-order valence-electron chi connectivity index (χ3n) is 3.88. The molecule has 0 radical (unpaired) electrons. The van der Waals surface area contributed by atoms with Crippen LogP contribution in [0.3, 0.4) is 0 Å². The van der Waals surface area contributed by atoms with Gasteiger partial charge in [0.15, 0.2) is 6.61 Å². The number of ether oxygens (including phenoxy) is 1. The summed E-state index contributed by atoms with van der Waals surface area (Å²) >= 11 is 1.34. The smallest absolute Gasteiger partial charge is 0.331 e. The Kier molecular flexibility index (Phi) is 5.97. The number of carbonyl (C=O) groups excluding carboxylic acids is 3. The molecule has 2 amide bonds. The first-order valence-electron chi connectivity index (χ1n) is 8.27. The van der Waals surface area contributed by atoms with Crippen LogP contribution in [0.2, 0.25) is 0 Å². The molecule has 2 aromatic rings. The first kappa shape index (κ1) is 18.8. The number of piperazine rings is 1. The highest BCUT2D eigenvalue weighted by Crippen LogP contribution is 2.30. The zero-order valence-corrected chi connectivity index (χ0v) is 15.1. The Labute approximate surface area is 159 Å². The van der Waals surface area contributed by atoms with Crippen molar-refractivity contribution in [3.8, 4) is 10.4 Å². The molecular weight excluding hydrogens is 371 g/mol. The molecule has 1 aliphatic heterocycles. The first-order chi connectivity index (χ1) is 13.0. The van der Waals surface area contributed by atoms with Gasteiger partial charge >= 0.3 is 5.97 Å². The summed E-state index contributed by atoms with van der Waals surface area (Å²) in [7, 11) is 0. The molecule has 3 rings (SSSR count). The second-order valence-electron chi connectivity index (χ2n) is 5.79. The van der Waals surface area contributed by atoms with Crippen LogP contribution in [-0.4, -0.2) is 48.9 Å². The standard InChI is InChI=1S/C19H17FN2O4S/c20-15-4-2-1-3-14(15)16-7-5-13(27-16)6-8-19(25)26-12-18(24)22-10-9-21-17(23)11-22/h1-8H,9-12H2,(H,21,23)/b8-6+. The summed E-state index contributed by atoms with van der Waals surface area (Å²) in [6, 6.07) is 10.0. The number of thiophene rings is 1. The normalized spacial score (nSPS) is 14.3. The summed E-state index contributed by atoms with van der Waals surface area (Å²) in [5.41, 5.74) is 0.501. The van der Waals surface area contributed by atoms with Gasteiger partial charge in [0.1, 0.15) is 5.82 Å². The average molecular weight is 388 g/mol. The predicted molar refractivity (Wildman–Crippen MR) is 99.3 cm³/mol. The van der Waals surface area contributed by atoms with Gasteiger partial charge in [-0.2, -0.15) is 0 Å². The topological polar surface area (TPSA) is 75.7 Å². The minimum absolute atomic E-state index is 0.0275. The molecular formula is C19H17FN2O4S. The Morgan fingerprint density at radius 1 is 1.26 bits per heavy atom. The molecule has 6 nitrogen and oxygen atoms in total. The fourth-order valence-corrected chi connectivity index (χ4v) is 3.46.